The van der Waals surface area contributed by atoms with E-state index in [9.17, 15) is 0 Å². The number of fused-ring (bicyclic) bond motifs is 15. The zero-order chi connectivity index (χ0) is 41.2. The number of hydrogen-bond donors (Lipinski definition) is 0. The average Bonchev–Trinajstić information content (AvgIpc) is 3.78. The van der Waals surface area contributed by atoms with E-state index in [0.717, 1.165) is 11.2 Å². The molecule has 0 unspecified atom stereocenters. The van der Waals surface area contributed by atoms with Gasteiger partial charge < -0.3 is 0 Å². The van der Waals surface area contributed by atoms with Crippen molar-refractivity contribution in [2.24, 2.45) is 0 Å². The molecule has 0 aliphatic carbocycles. The molecule has 2 aliphatic heterocycles. The first-order valence-corrected chi connectivity index (χ1v) is 23.2. The Labute approximate surface area is 358 Å². The van der Waals surface area contributed by atoms with Crippen LogP contribution >= 0.6 is 0 Å². The quantitative estimate of drug-likeness (QED) is 0.119. The molecule has 0 N–H and O–H groups in total. The van der Waals surface area contributed by atoms with Gasteiger partial charge in [0.15, 0.2) is 0 Å². The third-order valence-electron chi connectivity index (χ3n) is 13.6. The number of para-hydroxylation sites is 2. The van der Waals surface area contributed by atoms with Crippen molar-refractivity contribution >= 4 is 107 Å². The van der Waals surface area contributed by atoms with Crippen molar-refractivity contribution < 1.29 is 0 Å². The molecular formula is C55H48BN3Se. The molecule has 0 amide bonds. The number of aromatic nitrogens is 3. The van der Waals surface area contributed by atoms with Crippen molar-refractivity contribution in [3.8, 4) is 16.8 Å². The summed E-state index contributed by atoms with van der Waals surface area (Å²) in [6.07, 6.45) is 0. The van der Waals surface area contributed by atoms with Crippen molar-refractivity contribution in [1.29, 1.82) is 0 Å². The Kier molecular flexibility index (Phi) is 7.27. The van der Waals surface area contributed by atoms with E-state index in [1.54, 1.807) is 0 Å². The predicted octanol–water partition coefficient (Wildman–Crippen LogP) is 10.2. The molecule has 5 heterocycles. The summed E-state index contributed by atoms with van der Waals surface area (Å²) >= 11 is 0.110. The number of nitrogens with zero attached hydrogens (tertiary/aromatic N) is 3. The van der Waals surface area contributed by atoms with E-state index in [0.29, 0.717) is 0 Å². The molecule has 0 fully saturated rings. The van der Waals surface area contributed by atoms with Crippen molar-refractivity contribution in [2.75, 3.05) is 0 Å². The summed E-state index contributed by atoms with van der Waals surface area (Å²) in [5, 5.41) is 6.37. The van der Waals surface area contributed by atoms with E-state index in [1.165, 1.54) is 108 Å². The monoisotopic (exact) mass is 841 g/mol. The second kappa shape index (κ2) is 12.0. The molecule has 0 spiro atoms. The standard InChI is InChI=1S/C55H48BN3Se/c1-53(2,3)32-21-23-45-39(27-32)40-28-34(55(7,8)9)30-42-50(40)58(45)46-25-31(26-48-49(46)56(42)41-29-33(54(4,5)6)22-24-47(41)60-48)35-18-14-19-43-51(35)59-44-20-13-12-16-37(44)36-15-10-11-17-38(36)52(59)57-43/h10-30H,1-9H3. The Morgan fingerprint density at radius 3 is 1.93 bits per heavy atom. The number of hydrogen-bond acceptors (Lipinski definition) is 1. The molecule has 0 bridgehead atoms. The summed E-state index contributed by atoms with van der Waals surface area (Å²) < 4.78 is 8.07. The average molecular weight is 841 g/mol. The minimum atomic E-state index is -0.00932. The van der Waals surface area contributed by atoms with E-state index in [4.69, 9.17) is 4.98 Å². The maximum absolute atomic E-state index is 5.40. The SMILES string of the molecule is CC(C)(C)c1ccc2c(c1)B1c3c(cc(-c4cccc5nc6c7ccccc7c7ccccc7n6c45)cc3-n3c4ccc(C(C)(C)C)cc4c4cc(C(C)(C)C)cc1c43)[Se]2. The molecule has 3 nitrogen and oxygen atoms in total. The zero-order valence-corrected chi connectivity index (χ0v) is 37.7. The van der Waals surface area contributed by atoms with Crippen LogP contribution in [0.2, 0.25) is 0 Å². The normalized spacial score (nSPS) is 14.0. The van der Waals surface area contributed by atoms with E-state index in [-0.39, 0.29) is 37.9 Å². The first-order chi connectivity index (χ1) is 28.6. The van der Waals surface area contributed by atoms with Gasteiger partial charge in [-0.05, 0) is 0 Å². The van der Waals surface area contributed by atoms with Crippen molar-refractivity contribution in [3.05, 3.63) is 144 Å². The van der Waals surface area contributed by atoms with Gasteiger partial charge in [0.1, 0.15) is 0 Å². The summed E-state index contributed by atoms with van der Waals surface area (Å²) in [5.74, 6) is 0. The number of pyridine rings is 1. The molecule has 60 heavy (non-hydrogen) atoms. The van der Waals surface area contributed by atoms with Crippen molar-refractivity contribution in [3.63, 3.8) is 0 Å². The van der Waals surface area contributed by atoms with Crippen LogP contribution in [0.4, 0.5) is 0 Å². The molecule has 12 rings (SSSR count). The topological polar surface area (TPSA) is 22.2 Å². The van der Waals surface area contributed by atoms with Gasteiger partial charge in [0, 0.05) is 0 Å². The van der Waals surface area contributed by atoms with Crippen LogP contribution in [0.3, 0.4) is 0 Å². The van der Waals surface area contributed by atoms with Crippen molar-refractivity contribution in [1.82, 2.24) is 14.0 Å². The van der Waals surface area contributed by atoms with Crippen LogP contribution in [-0.2, 0) is 16.2 Å². The van der Waals surface area contributed by atoms with Crippen LogP contribution in [-0.4, -0.2) is 35.6 Å². The third-order valence-corrected chi connectivity index (χ3v) is 16.0. The van der Waals surface area contributed by atoms with Gasteiger partial charge in [0.05, 0.1) is 0 Å². The summed E-state index contributed by atoms with van der Waals surface area (Å²) in [5.41, 5.74) is 19.5. The molecule has 7 aromatic carbocycles. The van der Waals surface area contributed by atoms with Gasteiger partial charge in [-0.1, -0.05) is 0 Å². The summed E-state index contributed by atoms with van der Waals surface area (Å²) in [4.78, 5) is 5.40. The number of rotatable bonds is 1. The fourth-order valence-electron chi connectivity index (χ4n) is 10.4. The Hall–Kier alpha value is -5.61. The molecule has 0 radical (unpaired) electrons. The van der Waals surface area contributed by atoms with E-state index >= 15 is 0 Å². The second-order valence-electron chi connectivity index (χ2n) is 20.5. The van der Waals surface area contributed by atoms with Crippen LogP contribution < -0.4 is 25.3 Å². The fourth-order valence-corrected chi connectivity index (χ4v) is 12.9. The van der Waals surface area contributed by atoms with Gasteiger partial charge >= 0.3 is 361 Å². The van der Waals surface area contributed by atoms with Crippen molar-refractivity contribution in [2.45, 2.75) is 78.6 Å². The Balaban J connectivity index is 1.23. The summed E-state index contributed by atoms with van der Waals surface area (Å²) in [6.45, 7) is 21.3. The molecule has 0 atom stereocenters. The van der Waals surface area contributed by atoms with Gasteiger partial charge in [-0.25, -0.2) is 0 Å². The Morgan fingerprint density at radius 2 is 1.17 bits per heavy atom. The van der Waals surface area contributed by atoms with Crippen LogP contribution in [0.5, 0.6) is 0 Å². The fraction of sp³-hybridized carbons (Fsp3) is 0.218. The van der Waals surface area contributed by atoms with Crippen LogP contribution in [0.25, 0.3) is 77.0 Å². The van der Waals surface area contributed by atoms with Gasteiger partial charge in [0.2, 0.25) is 0 Å². The first kappa shape index (κ1) is 36.3. The van der Waals surface area contributed by atoms with E-state index in [2.05, 4.69) is 199 Å². The Morgan fingerprint density at radius 1 is 0.500 bits per heavy atom. The summed E-state index contributed by atoms with van der Waals surface area (Å²) in [6, 6.07) is 49.2. The molecule has 5 heteroatoms. The third kappa shape index (κ3) is 5.00. The van der Waals surface area contributed by atoms with Gasteiger partial charge in [-0.15, -0.1) is 0 Å². The molecule has 0 saturated heterocycles. The minimum absolute atomic E-state index is 0.00932. The zero-order valence-electron chi connectivity index (χ0n) is 36.0. The number of imidazole rings is 1. The molecule has 292 valence electrons. The van der Waals surface area contributed by atoms with Gasteiger partial charge in [0.25, 0.3) is 0 Å². The van der Waals surface area contributed by atoms with Gasteiger partial charge in [-0.3, -0.25) is 0 Å². The van der Waals surface area contributed by atoms with E-state index < -0.39 is 0 Å². The van der Waals surface area contributed by atoms with E-state index in [1.807, 2.05) is 0 Å². The van der Waals surface area contributed by atoms with Gasteiger partial charge in [-0.2, -0.15) is 0 Å². The van der Waals surface area contributed by atoms with Crippen LogP contribution in [0.1, 0.15) is 79.0 Å². The molecule has 10 aromatic rings. The molecule has 0 saturated carbocycles. The molecule has 3 aromatic heterocycles. The maximum atomic E-state index is 5.40. The molecular weight excluding hydrogens is 792 g/mol. The second-order valence-corrected chi connectivity index (χ2v) is 22.8. The Bertz CT molecular complexity index is 3530. The van der Waals surface area contributed by atoms with Crippen LogP contribution in [0.15, 0.2) is 127 Å². The summed E-state index contributed by atoms with van der Waals surface area (Å²) in [7, 11) is 0. The van der Waals surface area contributed by atoms with Crippen LogP contribution in [0, 0.1) is 0 Å². The first-order valence-electron chi connectivity index (χ1n) is 21.5. The molecule has 2 aliphatic rings. The number of benzene rings is 7. The predicted molar refractivity (Wildman–Crippen MR) is 260 cm³/mol.